The molecule has 1 rings (SSSR count). The van der Waals surface area contributed by atoms with Gasteiger partial charge in [0.15, 0.2) is 0 Å². The van der Waals surface area contributed by atoms with Crippen molar-refractivity contribution in [3.8, 4) is 5.75 Å². The second-order valence-corrected chi connectivity index (χ2v) is 3.33. The Bertz CT molecular complexity index is 389. The monoisotopic (exact) mass is 223 g/mol. The van der Waals surface area contributed by atoms with Crippen LogP contribution in [0.25, 0.3) is 0 Å². The number of nitro benzene ring substituents is 1. The van der Waals surface area contributed by atoms with Crippen LogP contribution in [0.15, 0.2) is 24.3 Å². The second kappa shape index (κ2) is 5.85. The highest BCUT2D eigenvalue weighted by Crippen LogP contribution is 2.19. The van der Waals surface area contributed by atoms with Gasteiger partial charge in [-0.15, -0.1) is 0 Å². The van der Waals surface area contributed by atoms with Gasteiger partial charge in [-0.25, -0.2) is 0 Å². The highest BCUT2D eigenvalue weighted by molar-refractivity contribution is 5.72. The molecule has 0 saturated carbocycles. The van der Waals surface area contributed by atoms with Crippen molar-refractivity contribution >= 4 is 11.7 Å². The smallest absolute Gasteiger partial charge is 0.311 e. The molecule has 0 amide bonds. The van der Waals surface area contributed by atoms with E-state index in [1.54, 1.807) is 0 Å². The third-order valence-electron chi connectivity index (χ3n) is 1.99. The van der Waals surface area contributed by atoms with Crippen molar-refractivity contribution < 1.29 is 14.5 Å². The van der Waals surface area contributed by atoms with E-state index in [-0.39, 0.29) is 17.4 Å². The van der Waals surface area contributed by atoms with Gasteiger partial charge in [-0.1, -0.05) is 19.4 Å². The third-order valence-corrected chi connectivity index (χ3v) is 1.99. The molecular weight excluding hydrogens is 210 g/mol. The lowest BCUT2D eigenvalue weighted by atomic mass is 10.2. The molecule has 0 spiro atoms. The third kappa shape index (κ3) is 3.68. The molecule has 0 N–H and O–H groups in total. The van der Waals surface area contributed by atoms with Crippen molar-refractivity contribution in [3.63, 3.8) is 0 Å². The summed E-state index contributed by atoms with van der Waals surface area (Å²) >= 11 is 0. The number of carbonyl (C=O) groups is 1. The fraction of sp³-hybridized carbons (Fsp3) is 0.364. The summed E-state index contributed by atoms with van der Waals surface area (Å²) in [6.45, 7) is 1.97. The summed E-state index contributed by atoms with van der Waals surface area (Å²) in [5, 5.41) is 10.5. The first-order chi connectivity index (χ1) is 7.63. The minimum atomic E-state index is -0.524. The average molecular weight is 223 g/mol. The summed E-state index contributed by atoms with van der Waals surface area (Å²) in [5.41, 5.74) is -0.0826. The highest BCUT2D eigenvalue weighted by Gasteiger charge is 2.09. The maximum absolute atomic E-state index is 11.3. The zero-order valence-corrected chi connectivity index (χ0v) is 9.01. The van der Waals surface area contributed by atoms with Gasteiger partial charge in [-0.2, -0.15) is 0 Å². The Morgan fingerprint density at radius 2 is 2.25 bits per heavy atom. The van der Waals surface area contributed by atoms with Crippen molar-refractivity contribution in [2.45, 2.75) is 26.2 Å². The van der Waals surface area contributed by atoms with E-state index in [0.717, 1.165) is 12.8 Å². The van der Waals surface area contributed by atoms with Gasteiger partial charge in [0.05, 0.1) is 11.0 Å². The summed E-state index contributed by atoms with van der Waals surface area (Å²) < 4.78 is 4.96. The van der Waals surface area contributed by atoms with Crippen LogP contribution in [-0.2, 0) is 4.79 Å². The lowest BCUT2D eigenvalue weighted by Crippen LogP contribution is -2.07. The number of nitrogens with zero attached hydrogens (tertiary/aromatic N) is 1. The van der Waals surface area contributed by atoms with Gasteiger partial charge in [0, 0.05) is 12.5 Å². The summed E-state index contributed by atoms with van der Waals surface area (Å²) in [4.78, 5) is 21.2. The second-order valence-electron chi connectivity index (χ2n) is 3.33. The number of esters is 1. The number of non-ortho nitro benzene ring substituents is 1. The molecule has 0 heterocycles. The molecule has 0 bridgehead atoms. The Balaban J connectivity index is 2.63. The van der Waals surface area contributed by atoms with Crippen LogP contribution >= 0.6 is 0 Å². The first kappa shape index (κ1) is 12.2. The molecule has 0 radical (unpaired) electrons. The van der Waals surface area contributed by atoms with E-state index < -0.39 is 4.92 Å². The molecule has 0 aliphatic carbocycles. The number of hydrogen-bond acceptors (Lipinski definition) is 4. The number of hydrogen-bond donors (Lipinski definition) is 0. The first-order valence-electron chi connectivity index (χ1n) is 5.08. The number of benzene rings is 1. The minimum absolute atomic E-state index is 0.0826. The topological polar surface area (TPSA) is 69.4 Å². The number of ether oxygens (including phenoxy) is 1. The van der Waals surface area contributed by atoms with Crippen molar-refractivity contribution in [2.75, 3.05) is 0 Å². The first-order valence-corrected chi connectivity index (χ1v) is 5.08. The lowest BCUT2D eigenvalue weighted by molar-refractivity contribution is -0.384. The molecule has 16 heavy (non-hydrogen) atoms. The van der Waals surface area contributed by atoms with Gasteiger partial charge in [0.2, 0.25) is 0 Å². The number of rotatable bonds is 5. The van der Waals surface area contributed by atoms with E-state index in [2.05, 4.69) is 0 Å². The molecule has 0 atom stereocenters. The van der Waals surface area contributed by atoms with Gasteiger partial charge in [0.25, 0.3) is 5.69 Å². The van der Waals surface area contributed by atoms with Crippen LogP contribution < -0.4 is 4.74 Å². The largest absolute Gasteiger partial charge is 0.426 e. The predicted molar refractivity (Wildman–Crippen MR) is 58.3 cm³/mol. The standard InChI is InChI=1S/C11H13NO4/c1-2-3-7-11(13)16-10-6-4-5-9(8-10)12(14)15/h4-6,8H,2-3,7H2,1H3. The quantitative estimate of drug-likeness (QED) is 0.333. The fourth-order valence-electron chi connectivity index (χ4n) is 1.16. The maximum atomic E-state index is 11.3. The zero-order valence-electron chi connectivity index (χ0n) is 9.01. The van der Waals surface area contributed by atoms with Gasteiger partial charge in [-0.05, 0) is 12.5 Å². The van der Waals surface area contributed by atoms with Crippen molar-refractivity contribution in [1.29, 1.82) is 0 Å². The summed E-state index contributed by atoms with van der Waals surface area (Å²) in [5.74, 6) is -0.141. The Labute approximate surface area is 93.2 Å². The molecule has 0 aliphatic rings. The van der Waals surface area contributed by atoms with Crippen LogP contribution in [0, 0.1) is 10.1 Å². The fourth-order valence-corrected chi connectivity index (χ4v) is 1.16. The molecule has 0 fully saturated rings. The summed E-state index contributed by atoms with van der Waals surface area (Å²) in [7, 11) is 0. The number of unbranched alkanes of at least 4 members (excludes halogenated alkanes) is 1. The van der Waals surface area contributed by atoms with E-state index in [9.17, 15) is 14.9 Å². The highest BCUT2D eigenvalue weighted by atomic mass is 16.6. The Morgan fingerprint density at radius 3 is 2.88 bits per heavy atom. The van der Waals surface area contributed by atoms with Crippen LogP contribution in [0.1, 0.15) is 26.2 Å². The van der Waals surface area contributed by atoms with Crippen LogP contribution in [0.3, 0.4) is 0 Å². The van der Waals surface area contributed by atoms with E-state index in [1.165, 1.54) is 24.3 Å². The molecule has 0 saturated heterocycles. The Morgan fingerprint density at radius 1 is 1.50 bits per heavy atom. The molecule has 5 heteroatoms. The van der Waals surface area contributed by atoms with Crippen molar-refractivity contribution in [1.82, 2.24) is 0 Å². The summed E-state index contributed by atoms with van der Waals surface area (Å²) in [6, 6.07) is 5.60. The van der Waals surface area contributed by atoms with Gasteiger partial charge < -0.3 is 4.74 Å². The summed E-state index contributed by atoms with van der Waals surface area (Å²) in [6.07, 6.45) is 2.00. The molecule has 0 unspecified atom stereocenters. The minimum Gasteiger partial charge on any atom is -0.426 e. The van der Waals surface area contributed by atoms with E-state index >= 15 is 0 Å². The van der Waals surface area contributed by atoms with E-state index in [0.29, 0.717) is 6.42 Å². The van der Waals surface area contributed by atoms with Crippen LogP contribution in [-0.4, -0.2) is 10.9 Å². The predicted octanol–water partition coefficient (Wildman–Crippen LogP) is 2.69. The molecule has 0 aliphatic heterocycles. The molecule has 1 aromatic carbocycles. The SMILES string of the molecule is CCCCC(=O)Oc1cccc([N+](=O)[O-])c1. The normalized spacial score (nSPS) is 9.81. The zero-order chi connectivity index (χ0) is 12.0. The van der Waals surface area contributed by atoms with Crippen molar-refractivity contribution in [2.24, 2.45) is 0 Å². The van der Waals surface area contributed by atoms with Crippen LogP contribution in [0.2, 0.25) is 0 Å². The number of carbonyl (C=O) groups excluding carboxylic acids is 1. The van der Waals surface area contributed by atoms with E-state index in [4.69, 9.17) is 4.74 Å². The van der Waals surface area contributed by atoms with Crippen molar-refractivity contribution in [3.05, 3.63) is 34.4 Å². The van der Waals surface area contributed by atoms with Gasteiger partial charge in [0.1, 0.15) is 5.75 Å². The Kier molecular flexibility index (Phi) is 4.44. The molecule has 1 aromatic rings. The van der Waals surface area contributed by atoms with E-state index in [1.807, 2.05) is 6.92 Å². The average Bonchev–Trinajstić information content (AvgIpc) is 2.26. The van der Waals surface area contributed by atoms with Crippen LogP contribution in [0.5, 0.6) is 5.75 Å². The van der Waals surface area contributed by atoms with Gasteiger partial charge in [-0.3, -0.25) is 14.9 Å². The maximum Gasteiger partial charge on any atom is 0.311 e. The molecule has 0 aromatic heterocycles. The number of nitro groups is 1. The lowest BCUT2D eigenvalue weighted by Gasteiger charge is -2.02. The molecule has 86 valence electrons. The molecular formula is C11H13NO4. The van der Waals surface area contributed by atoms with Gasteiger partial charge >= 0.3 is 5.97 Å². The Hall–Kier alpha value is -1.91. The molecule has 5 nitrogen and oxygen atoms in total. The van der Waals surface area contributed by atoms with Crippen LogP contribution in [0.4, 0.5) is 5.69 Å².